The molecule has 0 aliphatic rings. The van der Waals surface area contributed by atoms with Crippen molar-refractivity contribution < 1.29 is 4.39 Å². The monoisotopic (exact) mass is 314 g/mol. The van der Waals surface area contributed by atoms with Crippen LogP contribution in [0.5, 0.6) is 0 Å². The van der Waals surface area contributed by atoms with Gasteiger partial charge in [0.05, 0.1) is 9.83 Å². The number of hydrogen-bond acceptors (Lipinski definition) is 3. The molecule has 0 aliphatic heterocycles. The summed E-state index contributed by atoms with van der Waals surface area (Å²) in [6.45, 7) is 0. The topological polar surface area (TPSA) is 38.0 Å². The van der Waals surface area contributed by atoms with Gasteiger partial charge in [-0.2, -0.15) is 0 Å². The molecule has 2 rings (SSSR count). The van der Waals surface area contributed by atoms with E-state index in [1.165, 1.54) is 6.07 Å². The van der Waals surface area contributed by atoms with Crippen molar-refractivity contribution in [3.8, 4) is 0 Å². The van der Waals surface area contributed by atoms with Gasteiger partial charge in [0.15, 0.2) is 0 Å². The molecule has 0 amide bonds. The molecule has 2 nitrogen and oxygen atoms in total. The first kappa shape index (κ1) is 12.7. The number of benzene rings is 1. The Balaban J connectivity index is 2.20. The zero-order valence-electron chi connectivity index (χ0n) is 8.99. The standard InChI is InChI=1S/C12H12BrFN2S/c13-12-6-5-8(17-12)7-11(16-15)9-3-1-2-4-10(9)14/h1-6,11,16H,7,15H2. The Bertz CT molecular complexity index is 501. The van der Waals surface area contributed by atoms with Gasteiger partial charge in [-0.3, -0.25) is 11.3 Å². The summed E-state index contributed by atoms with van der Waals surface area (Å²) in [5.74, 6) is 5.27. The van der Waals surface area contributed by atoms with E-state index in [1.807, 2.05) is 18.2 Å². The predicted molar refractivity (Wildman–Crippen MR) is 72.2 cm³/mol. The second kappa shape index (κ2) is 5.73. The van der Waals surface area contributed by atoms with Crippen LogP contribution < -0.4 is 11.3 Å². The Kier molecular flexibility index (Phi) is 4.28. The lowest BCUT2D eigenvalue weighted by molar-refractivity contribution is 0.513. The fourth-order valence-corrected chi connectivity index (χ4v) is 3.21. The number of nitrogens with two attached hydrogens (primary N) is 1. The summed E-state index contributed by atoms with van der Waals surface area (Å²) in [5.41, 5.74) is 3.27. The molecule has 17 heavy (non-hydrogen) atoms. The molecular formula is C12H12BrFN2S. The average Bonchev–Trinajstić information content (AvgIpc) is 2.73. The number of hydrogen-bond donors (Lipinski definition) is 2. The summed E-state index contributed by atoms with van der Waals surface area (Å²) in [7, 11) is 0. The minimum Gasteiger partial charge on any atom is -0.271 e. The lowest BCUT2D eigenvalue weighted by atomic mass is 10.0. The minimum absolute atomic E-state index is 0.207. The molecule has 2 aromatic rings. The average molecular weight is 315 g/mol. The summed E-state index contributed by atoms with van der Waals surface area (Å²) in [5, 5.41) is 0. The largest absolute Gasteiger partial charge is 0.271 e. The molecule has 0 radical (unpaired) electrons. The first-order valence-electron chi connectivity index (χ1n) is 5.15. The molecule has 0 saturated carbocycles. The van der Waals surface area contributed by atoms with Crippen molar-refractivity contribution in [2.24, 2.45) is 5.84 Å². The second-order valence-corrected chi connectivity index (χ2v) is 6.20. The van der Waals surface area contributed by atoms with Crippen molar-refractivity contribution in [2.45, 2.75) is 12.5 Å². The van der Waals surface area contributed by atoms with Crippen molar-refractivity contribution in [3.63, 3.8) is 0 Å². The quantitative estimate of drug-likeness (QED) is 0.670. The van der Waals surface area contributed by atoms with Crippen LogP contribution in [0.15, 0.2) is 40.2 Å². The zero-order chi connectivity index (χ0) is 12.3. The van der Waals surface area contributed by atoms with Gasteiger partial charge in [0.1, 0.15) is 5.82 Å². The summed E-state index contributed by atoms with van der Waals surface area (Å²) < 4.78 is 14.7. The van der Waals surface area contributed by atoms with E-state index >= 15 is 0 Å². The van der Waals surface area contributed by atoms with Gasteiger partial charge >= 0.3 is 0 Å². The Morgan fingerprint density at radius 1 is 1.29 bits per heavy atom. The van der Waals surface area contributed by atoms with Gasteiger partial charge in [-0.1, -0.05) is 18.2 Å². The van der Waals surface area contributed by atoms with Crippen molar-refractivity contribution in [1.29, 1.82) is 0 Å². The molecule has 3 N–H and O–H groups in total. The molecule has 0 fully saturated rings. The predicted octanol–water partition coefficient (Wildman–Crippen LogP) is 3.40. The Morgan fingerprint density at radius 3 is 2.65 bits per heavy atom. The first-order valence-corrected chi connectivity index (χ1v) is 6.76. The maximum atomic E-state index is 13.6. The lowest BCUT2D eigenvalue weighted by Crippen LogP contribution is -2.30. The third kappa shape index (κ3) is 3.13. The third-order valence-electron chi connectivity index (χ3n) is 2.52. The van der Waals surface area contributed by atoms with Crippen molar-refractivity contribution in [1.82, 2.24) is 5.43 Å². The van der Waals surface area contributed by atoms with Crippen LogP contribution in [0.25, 0.3) is 0 Å². The number of nitrogens with one attached hydrogen (secondary N) is 1. The molecular weight excluding hydrogens is 303 g/mol. The summed E-state index contributed by atoms with van der Waals surface area (Å²) >= 11 is 5.04. The molecule has 1 aromatic carbocycles. The zero-order valence-corrected chi connectivity index (χ0v) is 11.4. The van der Waals surface area contributed by atoms with Gasteiger partial charge in [0.2, 0.25) is 0 Å². The van der Waals surface area contributed by atoms with Gasteiger partial charge in [-0.15, -0.1) is 11.3 Å². The highest BCUT2D eigenvalue weighted by molar-refractivity contribution is 9.11. The lowest BCUT2D eigenvalue weighted by Gasteiger charge is -2.16. The minimum atomic E-state index is -0.230. The maximum absolute atomic E-state index is 13.6. The van der Waals surface area contributed by atoms with E-state index in [1.54, 1.807) is 23.5 Å². The first-order chi connectivity index (χ1) is 8.20. The Morgan fingerprint density at radius 2 is 2.06 bits per heavy atom. The van der Waals surface area contributed by atoms with Crippen LogP contribution >= 0.6 is 27.3 Å². The third-order valence-corrected chi connectivity index (χ3v) is 4.16. The van der Waals surface area contributed by atoms with E-state index in [0.29, 0.717) is 12.0 Å². The second-order valence-electron chi connectivity index (χ2n) is 3.65. The van der Waals surface area contributed by atoms with Gasteiger partial charge in [0, 0.05) is 16.9 Å². The normalized spacial score (nSPS) is 12.6. The summed E-state index contributed by atoms with van der Waals surface area (Å²) in [6, 6.07) is 10.5. The van der Waals surface area contributed by atoms with E-state index in [9.17, 15) is 4.39 Å². The summed E-state index contributed by atoms with van der Waals surface area (Å²) in [6.07, 6.45) is 0.674. The van der Waals surface area contributed by atoms with E-state index < -0.39 is 0 Å². The maximum Gasteiger partial charge on any atom is 0.128 e. The van der Waals surface area contributed by atoms with Gasteiger partial charge in [0.25, 0.3) is 0 Å². The molecule has 5 heteroatoms. The van der Waals surface area contributed by atoms with Gasteiger partial charge in [-0.25, -0.2) is 4.39 Å². The molecule has 1 aromatic heterocycles. The molecule has 0 aliphatic carbocycles. The number of hydrazine groups is 1. The van der Waals surface area contributed by atoms with Gasteiger partial charge < -0.3 is 0 Å². The van der Waals surface area contributed by atoms with Gasteiger partial charge in [-0.05, 0) is 34.1 Å². The van der Waals surface area contributed by atoms with Crippen LogP contribution in [-0.4, -0.2) is 0 Å². The van der Waals surface area contributed by atoms with Crippen molar-refractivity contribution >= 4 is 27.3 Å². The highest BCUT2D eigenvalue weighted by atomic mass is 79.9. The van der Waals surface area contributed by atoms with Crippen molar-refractivity contribution in [2.75, 3.05) is 0 Å². The molecule has 1 heterocycles. The van der Waals surface area contributed by atoms with E-state index in [4.69, 9.17) is 5.84 Å². The molecule has 1 atom stereocenters. The fraction of sp³-hybridized carbons (Fsp3) is 0.167. The SMILES string of the molecule is NNC(Cc1ccc(Br)s1)c1ccccc1F. The van der Waals surface area contributed by atoms with Crippen molar-refractivity contribution in [3.05, 3.63) is 56.4 Å². The highest BCUT2D eigenvalue weighted by Gasteiger charge is 2.15. The van der Waals surface area contributed by atoms with Crippen LogP contribution in [0.1, 0.15) is 16.5 Å². The fourth-order valence-electron chi connectivity index (χ4n) is 1.68. The van der Waals surface area contributed by atoms with E-state index in [2.05, 4.69) is 21.4 Å². The smallest absolute Gasteiger partial charge is 0.128 e. The molecule has 1 unspecified atom stereocenters. The molecule has 0 spiro atoms. The molecule has 0 saturated heterocycles. The van der Waals surface area contributed by atoms with Crippen LogP contribution in [0.3, 0.4) is 0 Å². The number of rotatable bonds is 4. The molecule has 0 bridgehead atoms. The number of halogens is 2. The number of thiophene rings is 1. The summed E-state index contributed by atoms with van der Waals surface area (Å²) in [4.78, 5) is 1.16. The van der Waals surface area contributed by atoms with Crippen LogP contribution in [0.2, 0.25) is 0 Å². The van der Waals surface area contributed by atoms with Crippen LogP contribution in [0.4, 0.5) is 4.39 Å². The molecule has 90 valence electrons. The highest BCUT2D eigenvalue weighted by Crippen LogP contribution is 2.27. The Hall–Kier alpha value is -0.750. The van der Waals surface area contributed by atoms with E-state index in [-0.39, 0.29) is 11.9 Å². The van der Waals surface area contributed by atoms with Crippen LogP contribution in [-0.2, 0) is 6.42 Å². The van der Waals surface area contributed by atoms with E-state index in [0.717, 1.165) is 8.66 Å². The van der Waals surface area contributed by atoms with Crippen LogP contribution in [0, 0.1) is 5.82 Å². The Labute approximate surface area is 112 Å².